The van der Waals surface area contributed by atoms with E-state index in [4.69, 9.17) is 21.1 Å². The molecule has 0 radical (unpaired) electrons. The van der Waals surface area contributed by atoms with Crippen molar-refractivity contribution in [3.05, 3.63) is 23.1 Å². The van der Waals surface area contributed by atoms with E-state index in [2.05, 4.69) is 5.43 Å². The lowest BCUT2D eigenvalue weighted by molar-refractivity contribution is 0.00514. The fourth-order valence-corrected chi connectivity index (χ4v) is 1.64. The molecule has 23 heavy (non-hydrogen) atoms. The fraction of sp³-hybridized carbons (Fsp3) is 0.600. The number of nitrogens with one attached hydrogen (secondary N) is 1. The number of carbonyl (C=O) groups excluding carboxylic acids is 2. The van der Waals surface area contributed by atoms with Gasteiger partial charge in [0, 0.05) is 7.05 Å². The van der Waals surface area contributed by atoms with E-state index in [9.17, 15) is 9.59 Å². The summed E-state index contributed by atoms with van der Waals surface area (Å²) in [5.41, 5.74) is 1.30. The van der Waals surface area contributed by atoms with Gasteiger partial charge in [0.05, 0.1) is 0 Å². The lowest BCUT2D eigenvalue weighted by Gasteiger charge is -2.33. The molecule has 1 rings (SSSR count). The van der Waals surface area contributed by atoms with Crippen LogP contribution in [-0.2, 0) is 9.47 Å². The van der Waals surface area contributed by atoms with Gasteiger partial charge < -0.3 is 9.47 Å². The fourth-order valence-electron chi connectivity index (χ4n) is 1.53. The molecule has 0 aromatic heterocycles. The van der Waals surface area contributed by atoms with Crippen LogP contribution in [0.3, 0.4) is 0 Å². The van der Waals surface area contributed by atoms with Crippen LogP contribution in [0.4, 0.5) is 9.59 Å². The van der Waals surface area contributed by atoms with Gasteiger partial charge in [-0.05, 0) is 53.7 Å². The zero-order valence-electron chi connectivity index (χ0n) is 14.6. The number of ether oxygens (including phenoxy) is 2. The molecule has 0 fully saturated rings. The van der Waals surface area contributed by atoms with Crippen molar-refractivity contribution in [3.63, 3.8) is 0 Å². The summed E-state index contributed by atoms with van der Waals surface area (Å²) in [6.45, 7) is 10.3. The molecule has 7 nitrogen and oxygen atoms in total. The van der Waals surface area contributed by atoms with Crippen molar-refractivity contribution in [2.24, 2.45) is 0 Å². The highest BCUT2D eigenvalue weighted by Gasteiger charge is 2.35. The molecule has 0 aromatic rings. The first-order chi connectivity index (χ1) is 10.3. The molecule has 0 aromatic carbocycles. The van der Waals surface area contributed by atoms with Gasteiger partial charge in [0.25, 0.3) is 0 Å². The highest BCUT2D eigenvalue weighted by Crippen LogP contribution is 2.20. The molecule has 8 heteroatoms. The number of hydrogen-bond acceptors (Lipinski definition) is 6. The van der Waals surface area contributed by atoms with Crippen LogP contribution in [0.2, 0.25) is 0 Å². The van der Waals surface area contributed by atoms with E-state index in [-0.39, 0.29) is 5.82 Å². The minimum atomic E-state index is -0.842. The molecule has 2 amide bonds. The van der Waals surface area contributed by atoms with E-state index in [0.29, 0.717) is 5.16 Å². The van der Waals surface area contributed by atoms with Crippen LogP contribution in [0.1, 0.15) is 41.5 Å². The predicted octanol–water partition coefficient (Wildman–Crippen LogP) is 3.53. The Kier molecular flexibility index (Phi) is 5.58. The van der Waals surface area contributed by atoms with Gasteiger partial charge in [0.1, 0.15) is 22.2 Å². The van der Waals surface area contributed by atoms with Gasteiger partial charge in [-0.25, -0.2) is 9.59 Å². The first kappa shape index (κ1) is 19.2. The number of amides is 2. The van der Waals surface area contributed by atoms with Crippen LogP contribution < -0.4 is 5.43 Å². The highest BCUT2D eigenvalue weighted by atomic mass is 35.5. The minimum Gasteiger partial charge on any atom is -0.443 e. The Morgan fingerprint density at radius 3 is 1.83 bits per heavy atom. The largest absolute Gasteiger partial charge is 0.443 e. The van der Waals surface area contributed by atoms with Crippen molar-refractivity contribution < 1.29 is 19.1 Å². The third kappa shape index (κ3) is 6.02. The SMILES string of the molecule is CN1NC(N(C(=O)OC(C)(C)C)C(=O)OC(C)(C)C)=CC=C1Cl. The summed E-state index contributed by atoms with van der Waals surface area (Å²) < 4.78 is 10.6. The van der Waals surface area contributed by atoms with Gasteiger partial charge in [-0.1, -0.05) is 11.6 Å². The molecule has 0 unspecified atom stereocenters. The van der Waals surface area contributed by atoms with E-state index in [1.807, 2.05) is 0 Å². The molecule has 0 saturated heterocycles. The predicted molar refractivity (Wildman–Crippen MR) is 87.2 cm³/mol. The third-order valence-electron chi connectivity index (χ3n) is 2.37. The van der Waals surface area contributed by atoms with Crippen molar-refractivity contribution in [2.45, 2.75) is 52.7 Å². The maximum atomic E-state index is 12.4. The Balaban J connectivity index is 3.12. The number of hydrazine groups is 1. The van der Waals surface area contributed by atoms with Gasteiger partial charge in [-0.2, -0.15) is 4.90 Å². The van der Waals surface area contributed by atoms with E-state index >= 15 is 0 Å². The zero-order valence-corrected chi connectivity index (χ0v) is 15.3. The molecule has 1 aliphatic rings. The number of halogens is 1. The number of imide groups is 1. The summed E-state index contributed by atoms with van der Waals surface area (Å²) in [6, 6.07) is 0. The summed E-state index contributed by atoms with van der Waals surface area (Å²) in [4.78, 5) is 25.6. The zero-order chi connectivity index (χ0) is 18.0. The topological polar surface area (TPSA) is 71.1 Å². The quantitative estimate of drug-likeness (QED) is 0.733. The molecule has 0 bridgehead atoms. The van der Waals surface area contributed by atoms with E-state index in [1.165, 1.54) is 11.1 Å². The molecule has 0 saturated carbocycles. The van der Waals surface area contributed by atoms with Gasteiger partial charge in [-0.3, -0.25) is 10.4 Å². The molecule has 1 heterocycles. The van der Waals surface area contributed by atoms with Crippen molar-refractivity contribution in [1.29, 1.82) is 0 Å². The van der Waals surface area contributed by atoms with Crippen LogP contribution in [0.5, 0.6) is 0 Å². The van der Waals surface area contributed by atoms with E-state index in [0.717, 1.165) is 4.90 Å². The Labute approximate surface area is 141 Å². The summed E-state index contributed by atoms with van der Waals surface area (Å²) in [5, 5.41) is 1.86. The van der Waals surface area contributed by atoms with Crippen LogP contribution >= 0.6 is 11.6 Å². The second-order valence-corrected chi connectivity index (χ2v) is 7.40. The molecule has 0 spiro atoms. The molecule has 130 valence electrons. The first-order valence-electron chi connectivity index (χ1n) is 7.14. The van der Waals surface area contributed by atoms with Crippen molar-refractivity contribution in [3.8, 4) is 0 Å². The lowest BCUT2D eigenvalue weighted by Crippen LogP contribution is -2.49. The Hall–Kier alpha value is -1.89. The van der Waals surface area contributed by atoms with Crippen LogP contribution in [0.25, 0.3) is 0 Å². The third-order valence-corrected chi connectivity index (χ3v) is 2.75. The molecule has 1 aliphatic heterocycles. The number of carbonyl (C=O) groups is 2. The van der Waals surface area contributed by atoms with Crippen molar-refractivity contribution >= 4 is 23.8 Å². The number of allylic oxidation sites excluding steroid dienone is 2. The summed E-state index contributed by atoms with van der Waals surface area (Å²) in [5.74, 6) is 0.181. The standard InChI is InChI=1S/C15H24ClN3O4/c1-14(2,3)22-12(20)19(13(21)23-15(4,5)6)11-9-8-10(16)18(7)17-11/h8-9,17H,1-7H3. The van der Waals surface area contributed by atoms with Crippen molar-refractivity contribution in [2.75, 3.05) is 7.05 Å². The Morgan fingerprint density at radius 1 is 1.04 bits per heavy atom. The minimum absolute atomic E-state index is 0.181. The monoisotopic (exact) mass is 345 g/mol. The number of rotatable bonds is 1. The Bertz CT molecular complexity index is 516. The summed E-state index contributed by atoms with van der Waals surface area (Å²) >= 11 is 5.94. The highest BCUT2D eigenvalue weighted by molar-refractivity contribution is 6.29. The number of hydrogen-bond donors (Lipinski definition) is 1. The molecule has 0 atom stereocenters. The normalized spacial score (nSPS) is 15.2. The van der Waals surface area contributed by atoms with E-state index in [1.54, 1.807) is 54.7 Å². The summed E-state index contributed by atoms with van der Waals surface area (Å²) in [7, 11) is 1.65. The molecular weight excluding hydrogens is 322 g/mol. The summed E-state index contributed by atoms with van der Waals surface area (Å²) in [6.07, 6.45) is 1.36. The van der Waals surface area contributed by atoms with Gasteiger partial charge in [0.2, 0.25) is 0 Å². The molecular formula is C15H24ClN3O4. The number of nitrogens with zero attached hydrogens (tertiary/aromatic N) is 2. The molecule has 0 aliphatic carbocycles. The Morgan fingerprint density at radius 2 is 1.48 bits per heavy atom. The maximum absolute atomic E-state index is 12.4. The first-order valence-corrected chi connectivity index (χ1v) is 7.52. The maximum Gasteiger partial charge on any atom is 0.425 e. The second-order valence-electron chi connectivity index (χ2n) is 7.01. The van der Waals surface area contributed by atoms with Crippen LogP contribution in [-0.4, -0.2) is 40.3 Å². The molecule has 1 N–H and O–H groups in total. The van der Waals surface area contributed by atoms with Crippen LogP contribution in [0, 0.1) is 0 Å². The van der Waals surface area contributed by atoms with Crippen LogP contribution in [0.15, 0.2) is 23.1 Å². The second kappa shape index (κ2) is 6.70. The van der Waals surface area contributed by atoms with E-state index < -0.39 is 23.4 Å². The van der Waals surface area contributed by atoms with Crippen molar-refractivity contribution in [1.82, 2.24) is 15.3 Å². The van der Waals surface area contributed by atoms with Gasteiger partial charge >= 0.3 is 12.2 Å². The van der Waals surface area contributed by atoms with Gasteiger partial charge in [0.15, 0.2) is 0 Å². The lowest BCUT2D eigenvalue weighted by atomic mass is 10.2. The van der Waals surface area contributed by atoms with Gasteiger partial charge in [-0.15, -0.1) is 0 Å². The average Bonchev–Trinajstić information content (AvgIpc) is 2.29. The smallest absolute Gasteiger partial charge is 0.425 e. The average molecular weight is 346 g/mol.